The van der Waals surface area contributed by atoms with E-state index >= 15 is 0 Å². The standard InChI is InChI=1S/C65H126O17P2/c1-9-58(8)44-36-28-22-24-32-40-48-65(70)82-61(52-76-63(68)46-38-30-23-21-27-35-43-57(6)7)54-80-84(73,74)78-50-59(66)49-77-83(71,72)79-53-60(51-75-62(67)45-37-29-19-16-15-18-26-34-42-56(4)5)81-64(69)47-39-31-20-14-12-10-11-13-17-25-33-41-55(2)3/h55-61,66H,9-54H2,1-8H3,(H,71,72)(H,73,74)/t58?,59-,60-,61-/m1/s1. The highest BCUT2D eigenvalue weighted by Crippen LogP contribution is 2.45. The Kier molecular flexibility index (Phi) is 53.9. The Morgan fingerprint density at radius 1 is 0.333 bits per heavy atom. The Bertz CT molecular complexity index is 1680. The molecule has 0 aliphatic rings. The third kappa shape index (κ3) is 57.8. The lowest BCUT2D eigenvalue weighted by molar-refractivity contribution is -0.161. The quantitative estimate of drug-likeness (QED) is 0.0222. The fraction of sp³-hybridized carbons (Fsp3) is 0.938. The molecule has 0 saturated carbocycles. The molecule has 0 aliphatic carbocycles. The summed E-state index contributed by atoms with van der Waals surface area (Å²) in [7, 11) is -9.89. The van der Waals surface area contributed by atoms with Crippen LogP contribution in [0.4, 0.5) is 0 Å². The molecule has 0 aliphatic heterocycles. The van der Waals surface area contributed by atoms with Crippen LogP contribution in [0.1, 0.15) is 312 Å². The number of esters is 4. The maximum absolute atomic E-state index is 13.0. The number of aliphatic hydroxyl groups is 1. The molecule has 6 atom stereocenters. The lowest BCUT2D eigenvalue weighted by Crippen LogP contribution is -2.30. The zero-order valence-corrected chi connectivity index (χ0v) is 56.3. The molecule has 0 radical (unpaired) electrons. The summed E-state index contributed by atoms with van der Waals surface area (Å²) in [6, 6.07) is 0. The van der Waals surface area contributed by atoms with Gasteiger partial charge in [-0.05, 0) is 49.4 Å². The monoisotopic (exact) mass is 1240 g/mol. The molecule has 0 spiro atoms. The molecule has 0 aromatic heterocycles. The number of ether oxygens (including phenoxy) is 4. The SMILES string of the molecule is CCC(C)CCCCCCCCC(=O)O[C@H](COC(=O)CCCCCCCCC(C)C)COP(=O)(O)OC[C@H](O)COP(=O)(O)OC[C@@H](COC(=O)CCCCCCCCCCC(C)C)OC(=O)CCCCCCCCCCCCCC(C)C. The Labute approximate surface area is 511 Å². The van der Waals surface area contributed by atoms with Gasteiger partial charge in [0.2, 0.25) is 0 Å². The molecule has 3 unspecified atom stereocenters. The van der Waals surface area contributed by atoms with E-state index in [1.165, 1.54) is 109 Å². The molecule has 0 aromatic carbocycles. The highest BCUT2D eigenvalue weighted by molar-refractivity contribution is 7.47. The molecule has 0 amide bonds. The van der Waals surface area contributed by atoms with Crippen LogP contribution in [0.5, 0.6) is 0 Å². The molecule has 0 bridgehead atoms. The van der Waals surface area contributed by atoms with Gasteiger partial charge in [-0.1, -0.05) is 261 Å². The first-order chi connectivity index (χ1) is 40.1. The fourth-order valence-electron chi connectivity index (χ4n) is 9.57. The average Bonchev–Trinajstić information content (AvgIpc) is 3.50. The van der Waals surface area contributed by atoms with Crippen LogP contribution in [0.25, 0.3) is 0 Å². The number of carbonyl (C=O) groups is 4. The van der Waals surface area contributed by atoms with E-state index in [-0.39, 0.29) is 25.7 Å². The molecular weight excluding hydrogens is 1110 g/mol. The molecule has 0 aromatic rings. The van der Waals surface area contributed by atoms with Gasteiger partial charge in [0.05, 0.1) is 26.4 Å². The van der Waals surface area contributed by atoms with Crippen molar-refractivity contribution in [2.45, 2.75) is 331 Å². The van der Waals surface area contributed by atoms with E-state index in [9.17, 15) is 43.2 Å². The van der Waals surface area contributed by atoms with Crippen LogP contribution in [0.15, 0.2) is 0 Å². The van der Waals surface area contributed by atoms with Crippen molar-refractivity contribution in [2.24, 2.45) is 23.7 Å². The zero-order chi connectivity index (χ0) is 62.5. The second-order valence-corrected chi connectivity index (χ2v) is 28.1. The van der Waals surface area contributed by atoms with Crippen LogP contribution in [0, 0.1) is 23.7 Å². The summed E-state index contributed by atoms with van der Waals surface area (Å²) in [6.07, 6.45) is 35.0. The van der Waals surface area contributed by atoms with Gasteiger partial charge in [-0.2, -0.15) is 0 Å². The number of carbonyl (C=O) groups excluding carboxylic acids is 4. The van der Waals surface area contributed by atoms with Crippen molar-refractivity contribution < 1.29 is 80.2 Å². The Hall–Kier alpha value is -1.94. The number of rotatable bonds is 62. The number of unbranched alkanes of at least 4 members (excludes halogenated alkanes) is 27. The fourth-order valence-corrected chi connectivity index (χ4v) is 11.2. The first-order valence-electron chi connectivity index (χ1n) is 33.7. The van der Waals surface area contributed by atoms with Crippen molar-refractivity contribution in [1.82, 2.24) is 0 Å². The Balaban J connectivity index is 5.25. The third-order valence-corrected chi connectivity index (χ3v) is 17.1. The van der Waals surface area contributed by atoms with Crippen molar-refractivity contribution >= 4 is 39.5 Å². The normalized spacial score (nSPS) is 14.7. The molecular formula is C65H126O17P2. The van der Waals surface area contributed by atoms with Gasteiger partial charge < -0.3 is 33.8 Å². The van der Waals surface area contributed by atoms with E-state index in [4.69, 9.17) is 37.0 Å². The maximum atomic E-state index is 13.0. The summed E-state index contributed by atoms with van der Waals surface area (Å²) >= 11 is 0. The molecule has 0 saturated heterocycles. The summed E-state index contributed by atoms with van der Waals surface area (Å²) in [5.41, 5.74) is 0. The number of phosphoric ester groups is 2. The van der Waals surface area contributed by atoms with Crippen LogP contribution in [-0.2, 0) is 65.4 Å². The zero-order valence-electron chi connectivity index (χ0n) is 54.5. The van der Waals surface area contributed by atoms with E-state index in [0.29, 0.717) is 31.6 Å². The molecule has 0 fully saturated rings. The highest BCUT2D eigenvalue weighted by atomic mass is 31.2. The van der Waals surface area contributed by atoms with Crippen LogP contribution in [0.3, 0.4) is 0 Å². The number of phosphoric acid groups is 2. The predicted octanol–water partition coefficient (Wildman–Crippen LogP) is 17.8. The summed E-state index contributed by atoms with van der Waals surface area (Å²) in [5, 5.41) is 10.5. The van der Waals surface area contributed by atoms with E-state index in [2.05, 4.69) is 55.4 Å². The molecule has 498 valence electrons. The first-order valence-corrected chi connectivity index (χ1v) is 36.7. The summed E-state index contributed by atoms with van der Waals surface area (Å²) in [6.45, 7) is 13.9. The number of hydrogen-bond acceptors (Lipinski definition) is 15. The van der Waals surface area contributed by atoms with E-state index in [0.717, 1.165) is 114 Å². The van der Waals surface area contributed by atoms with Gasteiger partial charge >= 0.3 is 39.5 Å². The van der Waals surface area contributed by atoms with E-state index in [1.807, 2.05) is 0 Å². The minimum absolute atomic E-state index is 0.101. The first kappa shape index (κ1) is 82.1. The lowest BCUT2D eigenvalue weighted by Gasteiger charge is -2.21. The molecule has 0 rings (SSSR count). The van der Waals surface area contributed by atoms with Gasteiger partial charge in [0, 0.05) is 25.7 Å². The average molecular weight is 1240 g/mol. The minimum Gasteiger partial charge on any atom is -0.462 e. The second kappa shape index (κ2) is 55.2. The lowest BCUT2D eigenvalue weighted by atomic mass is 10.00. The summed E-state index contributed by atoms with van der Waals surface area (Å²) in [4.78, 5) is 72.2. The van der Waals surface area contributed by atoms with Gasteiger partial charge in [0.25, 0.3) is 0 Å². The second-order valence-electron chi connectivity index (χ2n) is 25.2. The van der Waals surface area contributed by atoms with Gasteiger partial charge in [-0.15, -0.1) is 0 Å². The van der Waals surface area contributed by atoms with E-state index in [1.54, 1.807) is 0 Å². The van der Waals surface area contributed by atoms with Gasteiger partial charge in [0.15, 0.2) is 12.2 Å². The van der Waals surface area contributed by atoms with Gasteiger partial charge in [-0.3, -0.25) is 37.3 Å². The molecule has 19 heteroatoms. The summed E-state index contributed by atoms with van der Waals surface area (Å²) < 4.78 is 68.0. The largest absolute Gasteiger partial charge is 0.472 e. The van der Waals surface area contributed by atoms with Crippen molar-refractivity contribution in [2.75, 3.05) is 39.6 Å². The Morgan fingerprint density at radius 2 is 0.571 bits per heavy atom. The van der Waals surface area contributed by atoms with Crippen molar-refractivity contribution in [1.29, 1.82) is 0 Å². The van der Waals surface area contributed by atoms with Crippen LogP contribution < -0.4 is 0 Å². The molecule has 3 N–H and O–H groups in total. The van der Waals surface area contributed by atoms with Gasteiger partial charge in [-0.25, -0.2) is 9.13 Å². The van der Waals surface area contributed by atoms with Crippen molar-refractivity contribution in [3.05, 3.63) is 0 Å². The van der Waals surface area contributed by atoms with Crippen LogP contribution >= 0.6 is 15.6 Å². The van der Waals surface area contributed by atoms with Crippen LogP contribution in [0.2, 0.25) is 0 Å². The number of aliphatic hydroxyl groups excluding tert-OH is 1. The summed E-state index contributed by atoms with van der Waals surface area (Å²) in [5.74, 6) is 0.750. The highest BCUT2D eigenvalue weighted by Gasteiger charge is 2.30. The predicted molar refractivity (Wildman–Crippen MR) is 335 cm³/mol. The Morgan fingerprint density at radius 3 is 0.845 bits per heavy atom. The third-order valence-electron chi connectivity index (χ3n) is 15.2. The molecule has 84 heavy (non-hydrogen) atoms. The van der Waals surface area contributed by atoms with Crippen molar-refractivity contribution in [3.63, 3.8) is 0 Å². The maximum Gasteiger partial charge on any atom is 0.472 e. The van der Waals surface area contributed by atoms with Crippen LogP contribution in [-0.4, -0.2) is 96.7 Å². The number of hydrogen-bond donors (Lipinski definition) is 3. The molecule has 0 heterocycles. The topological polar surface area (TPSA) is 237 Å². The molecule has 17 nitrogen and oxygen atoms in total. The van der Waals surface area contributed by atoms with E-state index < -0.39 is 97.5 Å². The van der Waals surface area contributed by atoms with Crippen molar-refractivity contribution in [3.8, 4) is 0 Å². The minimum atomic E-state index is -4.95. The van der Waals surface area contributed by atoms with Gasteiger partial charge in [0.1, 0.15) is 19.3 Å². The smallest absolute Gasteiger partial charge is 0.462 e.